The summed E-state index contributed by atoms with van der Waals surface area (Å²) in [4.78, 5) is 4.35. The first-order valence-corrected chi connectivity index (χ1v) is 5.47. The van der Waals surface area contributed by atoms with Crippen LogP contribution in [0.5, 0.6) is 0 Å². The van der Waals surface area contributed by atoms with Crippen LogP contribution in [0.2, 0.25) is 0 Å². The second-order valence-corrected chi connectivity index (χ2v) is 3.80. The van der Waals surface area contributed by atoms with Crippen LogP contribution in [0.15, 0.2) is 18.3 Å². The van der Waals surface area contributed by atoms with E-state index in [0.717, 1.165) is 25.0 Å². The number of nitrogens with one attached hydrogen (secondary N) is 1. The molecule has 2 aromatic heterocycles. The zero-order valence-electron chi connectivity index (χ0n) is 9.35. The zero-order valence-corrected chi connectivity index (χ0v) is 9.35. The van der Waals surface area contributed by atoms with Crippen LogP contribution < -0.4 is 5.32 Å². The maximum atomic E-state index is 8.65. The van der Waals surface area contributed by atoms with E-state index in [1.54, 1.807) is 4.52 Å². The minimum absolute atomic E-state index is 0.236. The predicted molar refractivity (Wildman–Crippen MR) is 62.5 cm³/mol. The molecule has 2 aromatic rings. The largest absolute Gasteiger partial charge is 0.396 e. The van der Waals surface area contributed by atoms with Crippen molar-refractivity contribution in [1.82, 2.24) is 14.6 Å². The Morgan fingerprint density at radius 2 is 2.31 bits per heavy atom. The van der Waals surface area contributed by atoms with E-state index in [1.165, 1.54) is 5.56 Å². The summed E-state index contributed by atoms with van der Waals surface area (Å²) >= 11 is 0. The van der Waals surface area contributed by atoms with Gasteiger partial charge < -0.3 is 10.4 Å². The van der Waals surface area contributed by atoms with Crippen molar-refractivity contribution in [2.24, 2.45) is 0 Å². The van der Waals surface area contributed by atoms with E-state index >= 15 is 0 Å². The molecule has 0 atom stereocenters. The molecular formula is C11H16N4O. The number of fused-ring (bicyclic) bond motifs is 1. The van der Waals surface area contributed by atoms with Crippen LogP contribution in [-0.2, 0) is 0 Å². The van der Waals surface area contributed by atoms with Gasteiger partial charge in [-0.3, -0.25) is 0 Å². The van der Waals surface area contributed by atoms with Crippen LogP contribution in [0.25, 0.3) is 5.65 Å². The first kappa shape index (κ1) is 10.9. The topological polar surface area (TPSA) is 62.5 Å². The summed E-state index contributed by atoms with van der Waals surface area (Å²) in [5, 5.41) is 16.1. The molecular weight excluding hydrogens is 204 g/mol. The Morgan fingerprint density at radius 3 is 3.12 bits per heavy atom. The number of nitrogens with zero attached hydrogens (tertiary/aromatic N) is 3. The highest BCUT2D eigenvalue weighted by Crippen LogP contribution is 2.07. The average molecular weight is 220 g/mol. The van der Waals surface area contributed by atoms with Gasteiger partial charge in [0.05, 0.1) is 0 Å². The Hall–Kier alpha value is -1.62. The number of aryl methyl sites for hydroxylation is 1. The lowest BCUT2D eigenvalue weighted by molar-refractivity contribution is 0.286. The maximum Gasteiger partial charge on any atom is 0.243 e. The molecule has 0 aliphatic rings. The summed E-state index contributed by atoms with van der Waals surface area (Å²) in [6.45, 7) is 3.05. The summed E-state index contributed by atoms with van der Waals surface area (Å²) in [6.07, 6.45) is 3.63. The number of unbranched alkanes of at least 4 members (excludes halogenated alkanes) is 1. The molecule has 5 nitrogen and oxygen atoms in total. The van der Waals surface area contributed by atoms with E-state index < -0.39 is 0 Å². The zero-order chi connectivity index (χ0) is 11.4. The summed E-state index contributed by atoms with van der Waals surface area (Å²) in [5.74, 6) is 0.642. The van der Waals surface area contributed by atoms with Gasteiger partial charge >= 0.3 is 0 Å². The number of anilines is 1. The van der Waals surface area contributed by atoms with Crippen LogP contribution in [-0.4, -0.2) is 32.9 Å². The Labute approximate surface area is 94.1 Å². The number of hydrogen-bond acceptors (Lipinski definition) is 4. The summed E-state index contributed by atoms with van der Waals surface area (Å²) in [6, 6.07) is 3.99. The van der Waals surface area contributed by atoms with Crippen molar-refractivity contribution in [3.8, 4) is 0 Å². The third-order valence-corrected chi connectivity index (χ3v) is 2.36. The van der Waals surface area contributed by atoms with Crippen molar-refractivity contribution in [2.45, 2.75) is 19.8 Å². The second-order valence-electron chi connectivity index (χ2n) is 3.80. The molecule has 0 radical (unpaired) electrons. The molecule has 0 saturated carbocycles. The fraction of sp³-hybridized carbons (Fsp3) is 0.455. The van der Waals surface area contributed by atoms with Gasteiger partial charge in [-0.1, -0.05) is 0 Å². The Bertz CT molecular complexity index is 466. The van der Waals surface area contributed by atoms with Gasteiger partial charge in [-0.25, -0.2) is 4.52 Å². The van der Waals surface area contributed by atoms with Gasteiger partial charge in [0.25, 0.3) is 0 Å². The van der Waals surface area contributed by atoms with E-state index in [2.05, 4.69) is 15.4 Å². The highest BCUT2D eigenvalue weighted by Gasteiger charge is 2.01. The van der Waals surface area contributed by atoms with Gasteiger partial charge in [0, 0.05) is 19.3 Å². The molecule has 0 aliphatic heterocycles. The molecule has 0 bridgehead atoms. The van der Waals surface area contributed by atoms with Crippen molar-refractivity contribution in [1.29, 1.82) is 0 Å². The highest BCUT2D eigenvalue weighted by atomic mass is 16.2. The van der Waals surface area contributed by atoms with Crippen molar-refractivity contribution < 1.29 is 5.11 Å². The molecule has 16 heavy (non-hydrogen) atoms. The summed E-state index contributed by atoms with van der Waals surface area (Å²) in [5.41, 5.74) is 2.02. The average Bonchev–Trinajstić information content (AvgIpc) is 2.66. The highest BCUT2D eigenvalue weighted by molar-refractivity contribution is 5.45. The molecule has 0 amide bonds. The Balaban J connectivity index is 2.02. The van der Waals surface area contributed by atoms with E-state index in [1.807, 2.05) is 25.3 Å². The minimum atomic E-state index is 0.236. The van der Waals surface area contributed by atoms with E-state index in [0.29, 0.717) is 5.95 Å². The van der Waals surface area contributed by atoms with E-state index in [9.17, 15) is 0 Å². The van der Waals surface area contributed by atoms with Crippen molar-refractivity contribution >= 4 is 11.6 Å². The fourth-order valence-electron chi connectivity index (χ4n) is 1.50. The van der Waals surface area contributed by atoms with Crippen molar-refractivity contribution in [2.75, 3.05) is 18.5 Å². The summed E-state index contributed by atoms with van der Waals surface area (Å²) in [7, 11) is 0. The molecule has 0 saturated heterocycles. The van der Waals surface area contributed by atoms with Gasteiger partial charge in [0.15, 0.2) is 5.65 Å². The molecule has 0 unspecified atom stereocenters. The molecule has 2 rings (SSSR count). The molecule has 5 heteroatoms. The number of rotatable bonds is 5. The van der Waals surface area contributed by atoms with Crippen LogP contribution in [0.3, 0.4) is 0 Å². The predicted octanol–water partition coefficient (Wildman–Crippen LogP) is 1.22. The number of aliphatic hydroxyl groups is 1. The lowest BCUT2D eigenvalue weighted by Gasteiger charge is -1.98. The molecule has 0 fully saturated rings. The van der Waals surface area contributed by atoms with Gasteiger partial charge in [-0.15, -0.1) is 5.10 Å². The normalized spacial score (nSPS) is 10.9. The van der Waals surface area contributed by atoms with Crippen LogP contribution in [0.4, 0.5) is 5.95 Å². The number of hydrogen-bond donors (Lipinski definition) is 2. The summed E-state index contributed by atoms with van der Waals surface area (Å²) < 4.78 is 1.75. The molecule has 2 heterocycles. The number of aromatic nitrogens is 3. The maximum absolute atomic E-state index is 8.65. The standard InChI is InChI=1S/C11H16N4O/c1-9-4-6-15-10(8-9)13-11(14-15)12-5-2-3-7-16/h4,6,8,16H,2-3,5,7H2,1H3,(H,12,14). The molecule has 86 valence electrons. The molecule has 0 aromatic carbocycles. The number of aliphatic hydroxyl groups excluding tert-OH is 1. The monoisotopic (exact) mass is 220 g/mol. The number of pyridine rings is 1. The van der Waals surface area contributed by atoms with E-state index in [-0.39, 0.29) is 6.61 Å². The Kier molecular flexibility index (Phi) is 3.36. The van der Waals surface area contributed by atoms with Crippen LogP contribution in [0.1, 0.15) is 18.4 Å². The molecule has 0 spiro atoms. The quantitative estimate of drug-likeness (QED) is 0.744. The first-order valence-electron chi connectivity index (χ1n) is 5.47. The van der Waals surface area contributed by atoms with Gasteiger partial charge in [0.1, 0.15) is 0 Å². The van der Waals surface area contributed by atoms with Gasteiger partial charge in [-0.05, 0) is 37.5 Å². The first-order chi connectivity index (χ1) is 7.79. The van der Waals surface area contributed by atoms with Crippen LogP contribution >= 0.6 is 0 Å². The third kappa shape index (κ3) is 2.49. The Morgan fingerprint density at radius 1 is 1.44 bits per heavy atom. The third-order valence-electron chi connectivity index (χ3n) is 2.36. The van der Waals surface area contributed by atoms with Crippen LogP contribution in [0, 0.1) is 6.92 Å². The van der Waals surface area contributed by atoms with Gasteiger partial charge in [-0.2, -0.15) is 4.98 Å². The van der Waals surface area contributed by atoms with Crippen molar-refractivity contribution in [3.05, 3.63) is 23.9 Å². The SMILES string of the molecule is Cc1ccn2nc(NCCCCO)nc2c1. The minimum Gasteiger partial charge on any atom is -0.396 e. The van der Waals surface area contributed by atoms with E-state index in [4.69, 9.17) is 5.11 Å². The molecule has 0 aliphatic carbocycles. The fourth-order valence-corrected chi connectivity index (χ4v) is 1.50. The lowest BCUT2D eigenvalue weighted by Crippen LogP contribution is -2.03. The second kappa shape index (κ2) is 4.94. The lowest BCUT2D eigenvalue weighted by atomic mass is 10.3. The smallest absolute Gasteiger partial charge is 0.243 e. The van der Waals surface area contributed by atoms with Crippen molar-refractivity contribution in [3.63, 3.8) is 0 Å². The molecule has 2 N–H and O–H groups in total. The van der Waals surface area contributed by atoms with Gasteiger partial charge in [0.2, 0.25) is 5.95 Å².